The molecule has 3 amide bonds. The van der Waals surface area contributed by atoms with Crippen molar-refractivity contribution in [1.29, 1.82) is 5.26 Å². The third-order valence-corrected chi connectivity index (χ3v) is 5.93. The summed E-state index contributed by atoms with van der Waals surface area (Å²) in [6, 6.07) is 8.01. The SMILES string of the molecule is CC(=O)N1CCCCC1.N#CCCNC(=O)/C=C/c1ncc(Cc2ccc(F)cc2)c2c1N(C=O)C=CO2. The molecule has 0 spiro atoms. The number of likely N-dealkylation sites (tertiary alicyclic amines) is 1. The van der Waals surface area contributed by atoms with E-state index in [9.17, 15) is 18.8 Å². The second kappa shape index (κ2) is 14.3. The monoisotopic (exact) mass is 519 g/mol. The predicted octanol–water partition coefficient (Wildman–Crippen LogP) is 3.70. The molecule has 2 aliphatic rings. The molecule has 1 N–H and O–H groups in total. The highest BCUT2D eigenvalue weighted by Crippen LogP contribution is 2.38. The van der Waals surface area contributed by atoms with Gasteiger partial charge in [0.1, 0.15) is 17.8 Å². The van der Waals surface area contributed by atoms with Crippen molar-refractivity contribution in [3.05, 3.63) is 71.6 Å². The Morgan fingerprint density at radius 1 is 1.21 bits per heavy atom. The van der Waals surface area contributed by atoms with Crippen LogP contribution < -0.4 is 15.0 Å². The van der Waals surface area contributed by atoms with Crippen LogP contribution in [0.2, 0.25) is 0 Å². The van der Waals surface area contributed by atoms with Gasteiger partial charge in [0.05, 0.1) is 18.2 Å². The third kappa shape index (κ3) is 8.00. The molecule has 38 heavy (non-hydrogen) atoms. The Morgan fingerprint density at radius 2 is 1.95 bits per heavy atom. The Hall–Kier alpha value is -4.52. The van der Waals surface area contributed by atoms with E-state index in [0.29, 0.717) is 35.5 Å². The number of nitriles is 1. The Labute approximate surface area is 221 Å². The molecule has 0 unspecified atom stereocenters. The third-order valence-electron chi connectivity index (χ3n) is 5.93. The van der Waals surface area contributed by atoms with Crippen LogP contribution in [0.25, 0.3) is 6.08 Å². The van der Waals surface area contributed by atoms with Gasteiger partial charge in [0.2, 0.25) is 18.2 Å². The van der Waals surface area contributed by atoms with Crippen molar-refractivity contribution in [1.82, 2.24) is 15.2 Å². The van der Waals surface area contributed by atoms with E-state index in [0.717, 1.165) is 18.7 Å². The van der Waals surface area contributed by atoms with Gasteiger partial charge in [0.25, 0.3) is 0 Å². The number of rotatable bonds is 7. The molecule has 1 saturated heterocycles. The van der Waals surface area contributed by atoms with Crippen molar-refractivity contribution >= 4 is 30.0 Å². The lowest BCUT2D eigenvalue weighted by molar-refractivity contribution is -0.129. The molecule has 9 nitrogen and oxygen atoms in total. The minimum absolute atomic E-state index is 0.211. The summed E-state index contributed by atoms with van der Waals surface area (Å²) in [5, 5.41) is 11.1. The quantitative estimate of drug-likeness (QED) is 0.339. The number of nitrogens with one attached hydrogen (secondary N) is 1. The summed E-state index contributed by atoms with van der Waals surface area (Å²) >= 11 is 0. The molecule has 0 radical (unpaired) electrons. The average Bonchev–Trinajstić information content (AvgIpc) is 2.94. The number of hydrogen-bond donors (Lipinski definition) is 1. The molecule has 2 aliphatic heterocycles. The smallest absolute Gasteiger partial charge is 0.244 e. The summed E-state index contributed by atoms with van der Waals surface area (Å²) in [5.41, 5.74) is 2.34. The van der Waals surface area contributed by atoms with Gasteiger partial charge in [-0.1, -0.05) is 12.1 Å². The van der Waals surface area contributed by atoms with Crippen molar-refractivity contribution in [2.75, 3.05) is 24.5 Å². The highest BCUT2D eigenvalue weighted by molar-refractivity contribution is 5.94. The first-order valence-electron chi connectivity index (χ1n) is 12.3. The number of ether oxygens (including phenoxy) is 1. The molecule has 4 rings (SSSR count). The van der Waals surface area contributed by atoms with Gasteiger partial charge < -0.3 is 15.0 Å². The fourth-order valence-corrected chi connectivity index (χ4v) is 3.98. The number of anilines is 1. The first-order valence-corrected chi connectivity index (χ1v) is 12.3. The topological polar surface area (TPSA) is 116 Å². The number of piperidine rings is 1. The summed E-state index contributed by atoms with van der Waals surface area (Å²) in [6.07, 6.45) is 12.1. The first-order chi connectivity index (χ1) is 18.4. The Bertz CT molecular complexity index is 1230. The van der Waals surface area contributed by atoms with Crippen molar-refractivity contribution in [3.8, 4) is 11.8 Å². The molecule has 1 aromatic carbocycles. The minimum atomic E-state index is -0.379. The fraction of sp³-hybridized carbons (Fsp3) is 0.321. The molecule has 0 atom stereocenters. The molecule has 10 heteroatoms. The van der Waals surface area contributed by atoms with Gasteiger partial charge >= 0.3 is 0 Å². The van der Waals surface area contributed by atoms with Gasteiger partial charge in [0.15, 0.2) is 5.75 Å². The lowest BCUT2D eigenvalue weighted by Crippen LogP contribution is -2.33. The van der Waals surface area contributed by atoms with E-state index in [1.54, 1.807) is 25.3 Å². The number of fused-ring (bicyclic) bond motifs is 1. The number of pyridine rings is 1. The van der Waals surface area contributed by atoms with E-state index in [1.807, 2.05) is 11.0 Å². The minimum Gasteiger partial charge on any atom is -0.461 e. The van der Waals surface area contributed by atoms with Crippen LogP contribution in [0.4, 0.5) is 10.1 Å². The van der Waals surface area contributed by atoms with Crippen molar-refractivity contribution < 1.29 is 23.5 Å². The standard InChI is InChI=1S/C21H17FN4O3.C7H13NO/c22-17-4-2-15(3-5-17)12-16-13-25-18(6-7-19(28)24-9-1-8-23)20-21(16)29-11-10-26(20)14-27;1-7(9)8-5-3-2-4-6-8/h2-7,10-11,13-14H,1,9,12H2,(H,24,28);2-6H2,1H3/b7-6+;. The number of amides is 3. The van der Waals surface area contributed by atoms with Gasteiger partial charge in [-0.25, -0.2) is 4.39 Å². The lowest BCUT2D eigenvalue weighted by Gasteiger charge is -2.24. The van der Waals surface area contributed by atoms with Gasteiger partial charge in [-0.2, -0.15) is 5.26 Å². The van der Waals surface area contributed by atoms with Crippen LogP contribution in [0.1, 0.15) is 49.4 Å². The van der Waals surface area contributed by atoms with E-state index >= 15 is 0 Å². The molecule has 3 heterocycles. The molecule has 0 saturated carbocycles. The van der Waals surface area contributed by atoms with Gasteiger partial charge in [0, 0.05) is 57.0 Å². The highest BCUT2D eigenvalue weighted by Gasteiger charge is 2.22. The largest absolute Gasteiger partial charge is 0.461 e. The van der Waals surface area contributed by atoms with E-state index in [-0.39, 0.29) is 30.6 Å². The Balaban J connectivity index is 0.000000375. The van der Waals surface area contributed by atoms with E-state index in [4.69, 9.17) is 10.00 Å². The lowest BCUT2D eigenvalue weighted by atomic mass is 10.0. The highest BCUT2D eigenvalue weighted by atomic mass is 19.1. The van der Waals surface area contributed by atoms with Crippen molar-refractivity contribution in [3.63, 3.8) is 0 Å². The van der Waals surface area contributed by atoms with Gasteiger partial charge in [-0.15, -0.1) is 0 Å². The first kappa shape index (κ1) is 28.1. The number of halogens is 1. The van der Waals surface area contributed by atoms with E-state index in [2.05, 4.69) is 10.3 Å². The Morgan fingerprint density at radius 3 is 2.58 bits per heavy atom. The number of hydrogen-bond acceptors (Lipinski definition) is 6. The average molecular weight is 520 g/mol. The molecule has 2 aromatic rings. The summed E-state index contributed by atoms with van der Waals surface area (Å²) in [4.78, 5) is 41.7. The maximum atomic E-state index is 13.1. The zero-order valence-corrected chi connectivity index (χ0v) is 21.2. The van der Waals surface area contributed by atoms with Crippen LogP contribution in [0.15, 0.2) is 49.0 Å². The number of benzene rings is 1. The van der Waals surface area contributed by atoms with Crippen LogP contribution in [-0.2, 0) is 20.8 Å². The zero-order valence-electron chi connectivity index (χ0n) is 21.2. The normalized spacial score (nSPS) is 14.0. The van der Waals surface area contributed by atoms with Crippen molar-refractivity contribution in [2.24, 2.45) is 0 Å². The summed E-state index contributed by atoms with van der Waals surface area (Å²) < 4.78 is 18.8. The van der Waals surface area contributed by atoms with Crippen LogP contribution in [-0.4, -0.2) is 47.7 Å². The number of carbonyl (C=O) groups excluding carboxylic acids is 3. The molecule has 198 valence electrons. The summed E-state index contributed by atoms with van der Waals surface area (Å²) in [7, 11) is 0. The van der Waals surface area contributed by atoms with Gasteiger partial charge in [-0.3, -0.25) is 24.3 Å². The molecular formula is C28H30FN5O4. The number of aromatic nitrogens is 1. The van der Waals surface area contributed by atoms with Crippen LogP contribution in [0, 0.1) is 17.1 Å². The van der Waals surface area contributed by atoms with Gasteiger partial charge in [-0.05, 0) is 43.0 Å². The second-order valence-electron chi connectivity index (χ2n) is 8.66. The maximum Gasteiger partial charge on any atom is 0.244 e. The molecule has 0 aliphatic carbocycles. The molecular weight excluding hydrogens is 489 g/mol. The van der Waals surface area contributed by atoms with E-state index < -0.39 is 0 Å². The van der Waals surface area contributed by atoms with Crippen LogP contribution in [0.5, 0.6) is 5.75 Å². The Kier molecular flexibility index (Phi) is 10.5. The van der Waals surface area contributed by atoms with Crippen LogP contribution in [0.3, 0.4) is 0 Å². The van der Waals surface area contributed by atoms with Crippen molar-refractivity contribution in [2.45, 2.75) is 39.0 Å². The molecule has 1 fully saturated rings. The summed E-state index contributed by atoms with van der Waals surface area (Å²) in [5.74, 6) is -0.0389. The van der Waals surface area contributed by atoms with E-state index in [1.165, 1.54) is 60.9 Å². The fourth-order valence-electron chi connectivity index (χ4n) is 3.98. The predicted molar refractivity (Wildman–Crippen MR) is 140 cm³/mol. The maximum absolute atomic E-state index is 13.1. The van der Waals surface area contributed by atoms with Crippen LogP contribution >= 0.6 is 0 Å². The number of nitrogens with zero attached hydrogens (tertiary/aromatic N) is 4. The molecule has 1 aromatic heterocycles. The zero-order chi connectivity index (χ0) is 27.3. The second-order valence-corrected chi connectivity index (χ2v) is 8.66. The number of carbonyl (C=O) groups is 3. The summed E-state index contributed by atoms with van der Waals surface area (Å²) in [6.45, 7) is 3.85. The molecule has 0 bridgehead atoms.